The van der Waals surface area contributed by atoms with E-state index in [9.17, 15) is 17.6 Å². The van der Waals surface area contributed by atoms with Gasteiger partial charge in [-0.1, -0.05) is 6.92 Å². The third-order valence-corrected chi connectivity index (χ3v) is 1.89. The van der Waals surface area contributed by atoms with Gasteiger partial charge in [-0.05, 0) is 6.42 Å². The molecule has 0 spiro atoms. The zero-order valence-electron chi connectivity index (χ0n) is 9.67. The van der Waals surface area contributed by atoms with E-state index in [4.69, 9.17) is 4.74 Å². The lowest BCUT2D eigenvalue weighted by molar-refractivity contribution is -0.117. The van der Waals surface area contributed by atoms with E-state index in [1.54, 1.807) is 0 Å². The van der Waals surface area contributed by atoms with Gasteiger partial charge in [0.15, 0.2) is 0 Å². The van der Waals surface area contributed by atoms with Gasteiger partial charge in [0.05, 0.1) is 13.2 Å². The third kappa shape index (κ3) is 4.34. The smallest absolute Gasteiger partial charge is 0.324 e. The minimum Gasteiger partial charge on any atom is -0.478 e. The number of hydrogen-bond acceptors (Lipinski definition) is 4. The molecule has 0 saturated carbocycles. The molecule has 0 atom stereocenters. The second kappa shape index (κ2) is 6.36. The first-order chi connectivity index (χ1) is 8.45. The van der Waals surface area contributed by atoms with E-state index in [-0.39, 0.29) is 11.8 Å². The van der Waals surface area contributed by atoms with Crippen LogP contribution in [0.15, 0.2) is 12.3 Å². The Morgan fingerprint density at radius 3 is 2.78 bits per heavy atom. The summed E-state index contributed by atoms with van der Waals surface area (Å²) in [6.45, 7) is 1.08. The summed E-state index contributed by atoms with van der Waals surface area (Å²) in [6, 6.07) is 1.45. The lowest BCUT2D eigenvalue weighted by atomic mass is 10.3. The van der Waals surface area contributed by atoms with E-state index >= 15 is 0 Å². The number of nitrogens with zero attached hydrogens (tertiary/aromatic N) is 2. The lowest BCUT2D eigenvalue weighted by Crippen LogP contribution is -2.35. The van der Waals surface area contributed by atoms with Crippen molar-refractivity contribution in [3.8, 4) is 5.88 Å². The quantitative estimate of drug-likeness (QED) is 0.771. The topological polar surface area (TPSA) is 47.0 Å². The molecule has 0 radical (unpaired) electrons. The first kappa shape index (κ1) is 14.5. The Labute approximate surface area is 101 Å². The van der Waals surface area contributed by atoms with Gasteiger partial charge in [-0.2, -0.15) is 13.8 Å². The van der Waals surface area contributed by atoms with Crippen LogP contribution in [0.4, 0.5) is 23.5 Å². The molecule has 0 saturated heterocycles. The summed E-state index contributed by atoms with van der Waals surface area (Å²) in [6.07, 6.45) is -1.68. The van der Waals surface area contributed by atoms with Crippen LogP contribution in [0, 0.1) is 0 Å². The monoisotopic (exact) mass is 267 g/mol. The van der Waals surface area contributed by atoms with E-state index in [0.29, 0.717) is 6.61 Å². The van der Waals surface area contributed by atoms with Crippen molar-refractivity contribution >= 4 is 5.95 Å². The van der Waals surface area contributed by atoms with E-state index in [1.165, 1.54) is 12.3 Å². The van der Waals surface area contributed by atoms with Crippen LogP contribution < -0.4 is 10.1 Å². The number of anilines is 1. The second-order valence-electron chi connectivity index (χ2n) is 3.48. The highest BCUT2D eigenvalue weighted by Gasteiger charge is 2.40. The molecule has 8 heteroatoms. The molecule has 4 nitrogen and oxygen atoms in total. The normalized spacial score (nSPS) is 11.7. The van der Waals surface area contributed by atoms with E-state index in [1.807, 2.05) is 6.92 Å². The summed E-state index contributed by atoms with van der Waals surface area (Å²) in [5.74, 6) is -4.09. The Kier molecular flexibility index (Phi) is 5.11. The molecule has 0 aliphatic rings. The zero-order valence-corrected chi connectivity index (χ0v) is 9.67. The largest absolute Gasteiger partial charge is 0.478 e. The Bertz CT molecular complexity index is 376. The molecule has 0 unspecified atom stereocenters. The van der Waals surface area contributed by atoms with Crippen LogP contribution in [0.5, 0.6) is 5.88 Å². The average molecular weight is 267 g/mol. The molecule has 1 rings (SSSR count). The molecule has 1 heterocycles. The van der Waals surface area contributed by atoms with Gasteiger partial charge in [-0.25, -0.2) is 13.8 Å². The molecule has 1 aromatic heterocycles. The molecule has 102 valence electrons. The first-order valence-electron chi connectivity index (χ1n) is 5.31. The maximum absolute atomic E-state index is 12.6. The molecule has 0 fully saturated rings. The molecule has 0 aromatic carbocycles. The van der Waals surface area contributed by atoms with E-state index in [0.717, 1.165) is 6.42 Å². The van der Waals surface area contributed by atoms with Crippen LogP contribution >= 0.6 is 0 Å². The predicted molar refractivity (Wildman–Crippen MR) is 57.3 cm³/mol. The van der Waals surface area contributed by atoms with Crippen LogP contribution in [0.2, 0.25) is 0 Å². The number of hydrogen-bond donors (Lipinski definition) is 1. The number of rotatable bonds is 7. The standard InChI is InChI=1S/C10H13F4N3O/c1-2-5-18-7-3-4-15-9(17-7)16-6-10(13,14)8(11)12/h3-4,8H,2,5-6H2,1H3,(H,15,16,17). The molecular weight excluding hydrogens is 254 g/mol. The van der Waals surface area contributed by atoms with Crippen LogP contribution in [-0.2, 0) is 0 Å². The fraction of sp³-hybridized carbons (Fsp3) is 0.600. The predicted octanol–water partition coefficient (Wildman–Crippen LogP) is 2.58. The Hall–Kier alpha value is -1.60. The molecule has 18 heavy (non-hydrogen) atoms. The van der Waals surface area contributed by atoms with Crippen molar-refractivity contribution in [1.82, 2.24) is 9.97 Å². The summed E-state index contributed by atoms with van der Waals surface area (Å²) in [4.78, 5) is 7.38. The number of aromatic nitrogens is 2. The van der Waals surface area contributed by atoms with Crippen molar-refractivity contribution in [2.75, 3.05) is 18.5 Å². The van der Waals surface area contributed by atoms with Gasteiger partial charge in [-0.3, -0.25) is 0 Å². The van der Waals surface area contributed by atoms with Gasteiger partial charge < -0.3 is 10.1 Å². The summed E-state index contributed by atoms with van der Waals surface area (Å²) in [7, 11) is 0. The highest BCUT2D eigenvalue weighted by atomic mass is 19.3. The summed E-state index contributed by atoms with van der Waals surface area (Å²) in [5.41, 5.74) is 0. The molecule has 0 amide bonds. The van der Waals surface area contributed by atoms with Crippen LogP contribution in [0.1, 0.15) is 13.3 Å². The van der Waals surface area contributed by atoms with Crippen LogP contribution in [-0.4, -0.2) is 35.5 Å². The lowest BCUT2D eigenvalue weighted by Gasteiger charge is -2.15. The Balaban J connectivity index is 2.57. The van der Waals surface area contributed by atoms with Crippen molar-refractivity contribution in [1.29, 1.82) is 0 Å². The number of alkyl halides is 4. The maximum atomic E-state index is 12.6. The van der Waals surface area contributed by atoms with E-state index in [2.05, 4.69) is 15.3 Å². The minimum absolute atomic E-state index is 0.177. The molecule has 1 N–H and O–H groups in total. The van der Waals surface area contributed by atoms with Crippen LogP contribution in [0.25, 0.3) is 0 Å². The van der Waals surface area contributed by atoms with Gasteiger partial charge in [-0.15, -0.1) is 0 Å². The van der Waals surface area contributed by atoms with Crippen LogP contribution in [0.3, 0.4) is 0 Å². The van der Waals surface area contributed by atoms with E-state index < -0.39 is 18.9 Å². The molecule has 0 aliphatic heterocycles. The molecule has 0 bridgehead atoms. The number of nitrogens with one attached hydrogen (secondary N) is 1. The van der Waals surface area contributed by atoms with Gasteiger partial charge >= 0.3 is 12.3 Å². The highest BCUT2D eigenvalue weighted by molar-refractivity contribution is 5.27. The fourth-order valence-corrected chi connectivity index (χ4v) is 0.988. The van der Waals surface area contributed by atoms with Crippen molar-refractivity contribution in [3.63, 3.8) is 0 Å². The summed E-state index contributed by atoms with van der Waals surface area (Å²) < 4.78 is 54.2. The number of ether oxygens (including phenoxy) is 1. The Morgan fingerprint density at radius 1 is 1.44 bits per heavy atom. The average Bonchev–Trinajstić information content (AvgIpc) is 2.34. The highest BCUT2D eigenvalue weighted by Crippen LogP contribution is 2.22. The number of halogens is 4. The van der Waals surface area contributed by atoms with Gasteiger partial charge in [0.1, 0.15) is 0 Å². The zero-order chi connectivity index (χ0) is 13.6. The first-order valence-corrected chi connectivity index (χ1v) is 5.31. The van der Waals surface area contributed by atoms with Crippen molar-refractivity contribution in [2.45, 2.75) is 25.7 Å². The fourth-order valence-electron chi connectivity index (χ4n) is 0.988. The van der Waals surface area contributed by atoms with Crippen molar-refractivity contribution in [3.05, 3.63) is 12.3 Å². The Morgan fingerprint density at radius 2 is 2.17 bits per heavy atom. The SMILES string of the molecule is CCCOc1ccnc(NCC(F)(F)C(F)F)n1. The molecule has 1 aromatic rings. The van der Waals surface area contributed by atoms with Crippen molar-refractivity contribution in [2.24, 2.45) is 0 Å². The summed E-state index contributed by atoms with van der Waals surface area (Å²) in [5, 5.41) is 2.05. The van der Waals surface area contributed by atoms with Gasteiger partial charge in [0.2, 0.25) is 11.8 Å². The molecule has 0 aliphatic carbocycles. The van der Waals surface area contributed by atoms with Gasteiger partial charge in [0.25, 0.3) is 0 Å². The maximum Gasteiger partial charge on any atom is 0.324 e. The molecular formula is C10H13F4N3O. The second-order valence-corrected chi connectivity index (χ2v) is 3.48. The third-order valence-electron chi connectivity index (χ3n) is 1.89. The van der Waals surface area contributed by atoms with Gasteiger partial charge in [0, 0.05) is 12.3 Å². The summed E-state index contributed by atoms with van der Waals surface area (Å²) >= 11 is 0. The van der Waals surface area contributed by atoms with Crippen molar-refractivity contribution < 1.29 is 22.3 Å². The minimum atomic E-state index is -4.12.